The van der Waals surface area contributed by atoms with Gasteiger partial charge in [0.1, 0.15) is 5.75 Å². The topological polar surface area (TPSA) is 49.5 Å². The highest BCUT2D eigenvalue weighted by atomic mass is 35.5. The van der Waals surface area contributed by atoms with Crippen LogP contribution in [0, 0.1) is 0 Å². The monoisotopic (exact) mass is 260 g/mol. The number of nitrogens with zero attached hydrogens (tertiary/aromatic N) is 1. The molecule has 88 valence electrons. The smallest absolute Gasteiger partial charge is 0.140 e. The highest BCUT2D eigenvalue weighted by molar-refractivity contribution is 6.42. The van der Waals surface area contributed by atoms with Crippen LogP contribution < -0.4 is 10.6 Å². The molecule has 0 spiro atoms. The number of halogens is 2. The number of benzene rings is 1. The zero-order valence-corrected chi connectivity index (χ0v) is 10.3. The van der Waals surface area contributed by atoms with Crippen molar-refractivity contribution < 1.29 is 5.11 Å². The summed E-state index contributed by atoms with van der Waals surface area (Å²) in [6, 6.07) is 3.45. The van der Waals surface area contributed by atoms with E-state index in [0.717, 1.165) is 31.6 Å². The Labute approximate surface area is 105 Å². The lowest BCUT2D eigenvalue weighted by molar-refractivity contribution is 0.461. The van der Waals surface area contributed by atoms with Crippen LogP contribution in [0.5, 0.6) is 5.75 Å². The molecule has 2 rings (SSSR count). The van der Waals surface area contributed by atoms with Gasteiger partial charge in [-0.05, 0) is 18.9 Å². The lowest BCUT2D eigenvalue weighted by Crippen LogP contribution is -2.39. The third-order valence-electron chi connectivity index (χ3n) is 2.90. The van der Waals surface area contributed by atoms with Crippen molar-refractivity contribution in [3.05, 3.63) is 22.2 Å². The third kappa shape index (κ3) is 2.37. The molecule has 1 aliphatic rings. The van der Waals surface area contributed by atoms with Gasteiger partial charge in [0.15, 0.2) is 0 Å². The van der Waals surface area contributed by atoms with E-state index in [0.29, 0.717) is 10.0 Å². The predicted octanol–water partition coefficient (Wildman–Crippen LogP) is 2.63. The molecule has 0 saturated carbocycles. The maximum absolute atomic E-state index is 9.82. The molecule has 0 aliphatic carbocycles. The standard InChI is InChI=1S/C11H14Cl2N2O/c12-8-5-10(11(16)6-9(8)13)15-3-1-7(14)2-4-15/h5-7,16H,1-4,14H2. The molecule has 1 aromatic rings. The van der Waals surface area contributed by atoms with Crippen molar-refractivity contribution in [2.24, 2.45) is 5.73 Å². The van der Waals surface area contributed by atoms with Gasteiger partial charge in [0.05, 0.1) is 15.7 Å². The minimum absolute atomic E-state index is 0.171. The summed E-state index contributed by atoms with van der Waals surface area (Å²) in [6.07, 6.45) is 1.86. The number of piperidine rings is 1. The molecule has 3 N–H and O–H groups in total. The van der Waals surface area contributed by atoms with E-state index in [-0.39, 0.29) is 11.8 Å². The van der Waals surface area contributed by atoms with E-state index >= 15 is 0 Å². The second-order valence-corrected chi connectivity index (χ2v) is 4.89. The molecule has 0 atom stereocenters. The summed E-state index contributed by atoms with van der Waals surface area (Å²) < 4.78 is 0. The number of nitrogens with two attached hydrogens (primary N) is 1. The Morgan fingerprint density at radius 2 is 1.75 bits per heavy atom. The van der Waals surface area contributed by atoms with E-state index in [9.17, 15) is 5.11 Å². The van der Waals surface area contributed by atoms with Gasteiger partial charge in [-0.1, -0.05) is 23.2 Å². The van der Waals surface area contributed by atoms with E-state index < -0.39 is 0 Å². The van der Waals surface area contributed by atoms with Gasteiger partial charge in [-0.15, -0.1) is 0 Å². The summed E-state index contributed by atoms with van der Waals surface area (Å²) in [5.41, 5.74) is 6.57. The molecule has 1 aliphatic heterocycles. The Bertz CT molecular complexity index is 390. The van der Waals surface area contributed by atoms with Gasteiger partial charge in [0.25, 0.3) is 0 Å². The van der Waals surface area contributed by atoms with Crippen molar-refractivity contribution >= 4 is 28.9 Å². The average molecular weight is 261 g/mol. The zero-order valence-electron chi connectivity index (χ0n) is 8.79. The van der Waals surface area contributed by atoms with Crippen molar-refractivity contribution in [1.29, 1.82) is 0 Å². The molecule has 1 aromatic carbocycles. The van der Waals surface area contributed by atoms with Crippen LogP contribution in [0.2, 0.25) is 10.0 Å². The van der Waals surface area contributed by atoms with Gasteiger partial charge in [-0.2, -0.15) is 0 Å². The van der Waals surface area contributed by atoms with E-state index in [1.54, 1.807) is 6.07 Å². The molecule has 0 radical (unpaired) electrons. The fourth-order valence-corrected chi connectivity index (χ4v) is 2.24. The summed E-state index contributed by atoms with van der Waals surface area (Å²) in [4.78, 5) is 2.08. The summed E-state index contributed by atoms with van der Waals surface area (Å²) in [7, 11) is 0. The van der Waals surface area contributed by atoms with Crippen molar-refractivity contribution in [2.75, 3.05) is 18.0 Å². The molecule has 1 heterocycles. The summed E-state index contributed by atoms with van der Waals surface area (Å²) in [5.74, 6) is 0.171. The molecule has 0 bridgehead atoms. The zero-order chi connectivity index (χ0) is 11.7. The highest BCUT2D eigenvalue weighted by Gasteiger charge is 2.19. The van der Waals surface area contributed by atoms with E-state index in [2.05, 4.69) is 4.90 Å². The number of rotatable bonds is 1. The van der Waals surface area contributed by atoms with Crippen LogP contribution >= 0.6 is 23.2 Å². The molecule has 1 fully saturated rings. The maximum Gasteiger partial charge on any atom is 0.140 e. The normalized spacial score (nSPS) is 17.8. The van der Waals surface area contributed by atoms with Crippen molar-refractivity contribution in [3.63, 3.8) is 0 Å². The molecule has 0 unspecified atom stereocenters. The number of anilines is 1. The largest absolute Gasteiger partial charge is 0.506 e. The van der Waals surface area contributed by atoms with Gasteiger partial charge in [0, 0.05) is 25.2 Å². The summed E-state index contributed by atoms with van der Waals surface area (Å²) >= 11 is 11.8. The molecular formula is C11H14Cl2N2O. The maximum atomic E-state index is 9.82. The van der Waals surface area contributed by atoms with Crippen LogP contribution in [0.25, 0.3) is 0 Å². The van der Waals surface area contributed by atoms with E-state index in [4.69, 9.17) is 28.9 Å². The highest BCUT2D eigenvalue weighted by Crippen LogP contribution is 2.36. The first-order chi connectivity index (χ1) is 7.58. The van der Waals surface area contributed by atoms with Crippen LogP contribution in [0.15, 0.2) is 12.1 Å². The van der Waals surface area contributed by atoms with Crippen molar-refractivity contribution in [2.45, 2.75) is 18.9 Å². The van der Waals surface area contributed by atoms with Crippen LogP contribution in [-0.4, -0.2) is 24.2 Å². The van der Waals surface area contributed by atoms with Gasteiger partial charge in [-0.3, -0.25) is 0 Å². The molecule has 0 aromatic heterocycles. The van der Waals surface area contributed by atoms with Crippen molar-refractivity contribution in [3.8, 4) is 5.75 Å². The number of hydrogen-bond acceptors (Lipinski definition) is 3. The first-order valence-electron chi connectivity index (χ1n) is 5.26. The van der Waals surface area contributed by atoms with Crippen LogP contribution in [0.3, 0.4) is 0 Å². The Balaban J connectivity index is 2.23. The van der Waals surface area contributed by atoms with Crippen LogP contribution in [-0.2, 0) is 0 Å². The predicted molar refractivity (Wildman–Crippen MR) is 67.5 cm³/mol. The Kier molecular flexibility index (Phi) is 3.47. The minimum atomic E-state index is 0.171. The molecule has 0 amide bonds. The molecule has 1 saturated heterocycles. The molecule has 5 heteroatoms. The summed E-state index contributed by atoms with van der Waals surface area (Å²) in [5, 5.41) is 10.7. The molecule has 3 nitrogen and oxygen atoms in total. The van der Waals surface area contributed by atoms with Gasteiger partial charge in [-0.25, -0.2) is 0 Å². The first kappa shape index (κ1) is 11.8. The van der Waals surface area contributed by atoms with Crippen LogP contribution in [0.1, 0.15) is 12.8 Å². The second-order valence-electron chi connectivity index (χ2n) is 4.08. The Morgan fingerprint density at radius 3 is 2.38 bits per heavy atom. The minimum Gasteiger partial charge on any atom is -0.506 e. The average Bonchev–Trinajstić information content (AvgIpc) is 2.25. The van der Waals surface area contributed by atoms with Gasteiger partial charge in [0.2, 0.25) is 0 Å². The number of hydrogen-bond donors (Lipinski definition) is 2. The van der Waals surface area contributed by atoms with E-state index in [1.165, 1.54) is 6.07 Å². The van der Waals surface area contributed by atoms with E-state index in [1.807, 2.05) is 0 Å². The van der Waals surface area contributed by atoms with Gasteiger partial charge < -0.3 is 15.7 Å². The fourth-order valence-electron chi connectivity index (χ4n) is 1.92. The molecular weight excluding hydrogens is 247 g/mol. The molecule has 16 heavy (non-hydrogen) atoms. The summed E-state index contributed by atoms with van der Waals surface area (Å²) in [6.45, 7) is 1.68. The first-order valence-corrected chi connectivity index (χ1v) is 6.02. The number of phenolic OH excluding ortho intramolecular Hbond substituents is 1. The lowest BCUT2D eigenvalue weighted by atomic mass is 10.1. The Morgan fingerprint density at radius 1 is 1.19 bits per heavy atom. The third-order valence-corrected chi connectivity index (χ3v) is 3.62. The quantitative estimate of drug-likeness (QED) is 0.817. The van der Waals surface area contributed by atoms with Gasteiger partial charge >= 0.3 is 0 Å². The fraction of sp³-hybridized carbons (Fsp3) is 0.455. The van der Waals surface area contributed by atoms with Crippen LogP contribution in [0.4, 0.5) is 5.69 Å². The second kappa shape index (κ2) is 4.70. The van der Waals surface area contributed by atoms with Crippen molar-refractivity contribution in [1.82, 2.24) is 0 Å². The SMILES string of the molecule is NC1CCN(c2cc(Cl)c(Cl)cc2O)CC1. The lowest BCUT2D eigenvalue weighted by Gasteiger charge is -2.32. The Hall–Kier alpha value is -0.640. The number of phenols is 1. The number of aromatic hydroxyl groups is 1.